The summed E-state index contributed by atoms with van der Waals surface area (Å²) < 4.78 is 4.70. The third kappa shape index (κ3) is 1.55. The van der Waals surface area contributed by atoms with Crippen molar-refractivity contribution >= 4 is 11.9 Å². The van der Waals surface area contributed by atoms with E-state index < -0.39 is 24.2 Å². The molecule has 0 aromatic rings. The number of nitrogens with one attached hydrogen (secondary N) is 1. The molecule has 1 fully saturated rings. The molecule has 1 aliphatic heterocycles. The van der Waals surface area contributed by atoms with E-state index in [1.54, 1.807) is 0 Å². The molecule has 5 heteroatoms. The van der Waals surface area contributed by atoms with Crippen LogP contribution in [0.2, 0.25) is 0 Å². The first-order valence-corrected chi connectivity index (χ1v) is 3.68. The van der Waals surface area contributed by atoms with E-state index >= 15 is 0 Å². The summed E-state index contributed by atoms with van der Waals surface area (Å²) in [5, 5.41) is 11.4. The summed E-state index contributed by atoms with van der Waals surface area (Å²) in [4.78, 5) is 21.3. The number of ether oxygens (including phenoxy) is 1. The molecule has 0 aromatic heterocycles. The van der Waals surface area contributed by atoms with Gasteiger partial charge < -0.3 is 15.2 Å². The SMILES string of the molecule is CC(=O)O[C@H]1NC(=O)[C@@H]1[C@@H](C)O. The van der Waals surface area contributed by atoms with Crippen molar-refractivity contribution < 1.29 is 19.4 Å². The molecule has 0 bridgehead atoms. The quantitative estimate of drug-likeness (QED) is 0.415. The molecule has 68 valence electrons. The van der Waals surface area contributed by atoms with Gasteiger partial charge in [0, 0.05) is 6.92 Å². The molecule has 3 atom stereocenters. The van der Waals surface area contributed by atoms with Gasteiger partial charge in [0.2, 0.25) is 5.91 Å². The summed E-state index contributed by atoms with van der Waals surface area (Å²) in [5.74, 6) is -1.36. The Morgan fingerprint density at radius 1 is 1.75 bits per heavy atom. The average molecular weight is 173 g/mol. The highest BCUT2D eigenvalue weighted by atomic mass is 16.6. The summed E-state index contributed by atoms with van der Waals surface area (Å²) in [7, 11) is 0. The minimum Gasteiger partial charge on any atom is -0.441 e. The van der Waals surface area contributed by atoms with Crippen LogP contribution < -0.4 is 5.32 Å². The van der Waals surface area contributed by atoms with Gasteiger partial charge in [0.15, 0.2) is 6.23 Å². The molecular formula is C7H11NO4. The zero-order chi connectivity index (χ0) is 9.30. The Morgan fingerprint density at radius 3 is 2.67 bits per heavy atom. The number of hydrogen-bond donors (Lipinski definition) is 2. The van der Waals surface area contributed by atoms with Crippen LogP contribution in [0.4, 0.5) is 0 Å². The summed E-state index contributed by atoms with van der Waals surface area (Å²) in [6, 6.07) is 0. The molecule has 0 aromatic carbocycles. The van der Waals surface area contributed by atoms with E-state index in [0.717, 1.165) is 0 Å². The Hall–Kier alpha value is -1.10. The first-order valence-electron chi connectivity index (χ1n) is 3.68. The Morgan fingerprint density at radius 2 is 2.33 bits per heavy atom. The lowest BCUT2D eigenvalue weighted by molar-refractivity contribution is -0.173. The van der Waals surface area contributed by atoms with E-state index in [2.05, 4.69) is 5.32 Å². The monoisotopic (exact) mass is 173 g/mol. The molecule has 1 heterocycles. The zero-order valence-corrected chi connectivity index (χ0v) is 6.90. The van der Waals surface area contributed by atoms with Crippen LogP contribution >= 0.6 is 0 Å². The fourth-order valence-corrected chi connectivity index (χ4v) is 1.12. The summed E-state index contributed by atoms with van der Waals surface area (Å²) in [6.07, 6.45) is -1.45. The van der Waals surface area contributed by atoms with Crippen molar-refractivity contribution in [2.75, 3.05) is 0 Å². The topological polar surface area (TPSA) is 75.6 Å². The third-order valence-electron chi connectivity index (χ3n) is 1.73. The summed E-state index contributed by atoms with van der Waals surface area (Å²) in [5.41, 5.74) is 0. The average Bonchev–Trinajstić information content (AvgIpc) is 1.82. The number of esters is 1. The van der Waals surface area contributed by atoms with Gasteiger partial charge in [0.1, 0.15) is 5.92 Å². The largest absolute Gasteiger partial charge is 0.441 e. The molecule has 1 rings (SSSR count). The lowest BCUT2D eigenvalue weighted by Crippen LogP contribution is -2.63. The number of aliphatic hydroxyl groups excluding tert-OH is 1. The highest BCUT2D eigenvalue weighted by Crippen LogP contribution is 2.19. The van der Waals surface area contributed by atoms with E-state index in [9.17, 15) is 9.59 Å². The minimum absolute atomic E-state index is 0.281. The molecule has 5 nitrogen and oxygen atoms in total. The van der Waals surface area contributed by atoms with Crippen LogP contribution in [0.15, 0.2) is 0 Å². The third-order valence-corrected chi connectivity index (χ3v) is 1.73. The van der Waals surface area contributed by atoms with Crippen molar-refractivity contribution in [3.8, 4) is 0 Å². The number of amides is 1. The molecule has 0 spiro atoms. The van der Waals surface area contributed by atoms with Crippen molar-refractivity contribution in [3.63, 3.8) is 0 Å². The Labute approximate surface area is 69.7 Å². The van der Waals surface area contributed by atoms with E-state index in [4.69, 9.17) is 9.84 Å². The number of hydrogen-bond acceptors (Lipinski definition) is 4. The maximum atomic E-state index is 10.8. The molecule has 0 aliphatic carbocycles. The first-order chi connectivity index (χ1) is 5.52. The van der Waals surface area contributed by atoms with Crippen molar-refractivity contribution in [3.05, 3.63) is 0 Å². The molecule has 2 N–H and O–H groups in total. The molecule has 0 unspecified atom stereocenters. The lowest BCUT2D eigenvalue weighted by atomic mass is 9.94. The van der Waals surface area contributed by atoms with Crippen LogP contribution in [0.25, 0.3) is 0 Å². The molecule has 12 heavy (non-hydrogen) atoms. The minimum atomic E-state index is -0.789. The van der Waals surface area contributed by atoms with Gasteiger partial charge >= 0.3 is 5.97 Å². The van der Waals surface area contributed by atoms with Gasteiger partial charge in [0.25, 0.3) is 0 Å². The number of carbonyl (C=O) groups excluding carboxylic acids is 2. The van der Waals surface area contributed by atoms with Crippen LogP contribution in [-0.2, 0) is 14.3 Å². The van der Waals surface area contributed by atoms with E-state index in [1.807, 2.05) is 0 Å². The smallest absolute Gasteiger partial charge is 0.304 e. The van der Waals surface area contributed by atoms with Crippen LogP contribution in [0.1, 0.15) is 13.8 Å². The zero-order valence-electron chi connectivity index (χ0n) is 6.90. The van der Waals surface area contributed by atoms with E-state index in [-0.39, 0.29) is 5.91 Å². The standard InChI is InChI=1S/C7H11NO4/c1-3(9)5-6(11)8-7(5)12-4(2)10/h3,5,7,9H,1-2H3,(H,8,11)/t3-,5+,7-/m1/s1. The fourth-order valence-electron chi connectivity index (χ4n) is 1.12. The normalized spacial score (nSPS) is 30.1. The van der Waals surface area contributed by atoms with Gasteiger partial charge in [-0.15, -0.1) is 0 Å². The number of carbonyl (C=O) groups is 2. The van der Waals surface area contributed by atoms with E-state index in [1.165, 1.54) is 13.8 Å². The molecule has 1 amide bonds. The number of rotatable bonds is 2. The molecule has 0 radical (unpaired) electrons. The van der Waals surface area contributed by atoms with Gasteiger partial charge in [-0.3, -0.25) is 9.59 Å². The number of aliphatic hydroxyl groups is 1. The van der Waals surface area contributed by atoms with Crippen molar-refractivity contribution in [2.24, 2.45) is 5.92 Å². The molecular weight excluding hydrogens is 162 g/mol. The molecule has 1 saturated heterocycles. The first kappa shape index (κ1) is 8.99. The van der Waals surface area contributed by atoms with Crippen molar-refractivity contribution in [1.29, 1.82) is 0 Å². The van der Waals surface area contributed by atoms with Crippen LogP contribution in [-0.4, -0.2) is 29.3 Å². The molecule has 1 aliphatic rings. The van der Waals surface area contributed by atoms with Crippen molar-refractivity contribution in [1.82, 2.24) is 5.32 Å². The lowest BCUT2D eigenvalue weighted by Gasteiger charge is -2.36. The summed E-state index contributed by atoms with van der Waals surface area (Å²) in [6.45, 7) is 2.74. The van der Waals surface area contributed by atoms with Gasteiger partial charge in [0.05, 0.1) is 6.10 Å². The second-order valence-electron chi connectivity index (χ2n) is 2.81. The van der Waals surface area contributed by atoms with Crippen LogP contribution in [0, 0.1) is 5.92 Å². The second-order valence-corrected chi connectivity index (χ2v) is 2.81. The van der Waals surface area contributed by atoms with Gasteiger partial charge in [-0.1, -0.05) is 0 Å². The molecule has 0 saturated carbocycles. The maximum Gasteiger partial charge on any atom is 0.304 e. The fraction of sp³-hybridized carbons (Fsp3) is 0.714. The predicted octanol–water partition coefficient (Wildman–Crippen LogP) is -0.998. The van der Waals surface area contributed by atoms with Gasteiger partial charge in [-0.2, -0.15) is 0 Å². The van der Waals surface area contributed by atoms with Crippen LogP contribution in [0.3, 0.4) is 0 Å². The van der Waals surface area contributed by atoms with Gasteiger partial charge in [-0.05, 0) is 6.92 Å². The van der Waals surface area contributed by atoms with Crippen LogP contribution in [0.5, 0.6) is 0 Å². The second kappa shape index (κ2) is 3.10. The highest BCUT2D eigenvalue weighted by Gasteiger charge is 2.44. The maximum absolute atomic E-state index is 10.8. The van der Waals surface area contributed by atoms with Gasteiger partial charge in [-0.25, -0.2) is 0 Å². The number of β-lactam (4-membered cyclic amide) rings is 1. The summed E-state index contributed by atoms with van der Waals surface area (Å²) >= 11 is 0. The Balaban J connectivity index is 2.48. The van der Waals surface area contributed by atoms with E-state index in [0.29, 0.717) is 0 Å². The Kier molecular flexibility index (Phi) is 2.32. The Bertz CT molecular complexity index is 213. The highest BCUT2D eigenvalue weighted by molar-refractivity contribution is 5.86. The van der Waals surface area contributed by atoms with Crippen molar-refractivity contribution in [2.45, 2.75) is 26.2 Å². The predicted molar refractivity (Wildman–Crippen MR) is 38.9 cm³/mol.